The average molecular weight is 224 g/mol. The van der Waals surface area contributed by atoms with Crippen molar-refractivity contribution in [1.29, 1.82) is 0 Å². The largest absolute Gasteiger partial charge is 0.139 e. The van der Waals surface area contributed by atoms with Gasteiger partial charge in [0.1, 0.15) is 0 Å². The first-order valence-electron chi connectivity index (χ1n) is 5.21. The summed E-state index contributed by atoms with van der Waals surface area (Å²) in [6.07, 6.45) is 2.57. The highest BCUT2D eigenvalue weighted by Gasteiger charge is 2.36. The molecule has 0 aliphatic carbocycles. The van der Waals surface area contributed by atoms with Gasteiger partial charge in [0, 0.05) is 11.5 Å². The second-order valence-electron chi connectivity index (χ2n) is 3.57. The first kappa shape index (κ1) is 10.4. The van der Waals surface area contributed by atoms with Gasteiger partial charge in [0.15, 0.2) is 0 Å². The second-order valence-corrected chi connectivity index (χ2v) is 6.61. The molecule has 14 heavy (non-hydrogen) atoms. The normalized spacial score (nSPS) is 19.8. The molecule has 2 heteroatoms. The summed E-state index contributed by atoms with van der Waals surface area (Å²) in [7, 11) is 0. The molecule has 1 aromatic rings. The molecular weight excluding hydrogens is 208 g/mol. The molecule has 0 spiro atoms. The molecule has 0 amide bonds. The summed E-state index contributed by atoms with van der Waals surface area (Å²) in [5.41, 5.74) is 1.51. The van der Waals surface area contributed by atoms with Crippen molar-refractivity contribution >= 4 is 23.5 Å². The molecular formula is C12H16S2. The molecule has 1 aliphatic rings. The van der Waals surface area contributed by atoms with Gasteiger partial charge in [0.05, 0.1) is 4.08 Å². The summed E-state index contributed by atoms with van der Waals surface area (Å²) in [6, 6.07) is 11.0. The highest BCUT2D eigenvalue weighted by molar-refractivity contribution is 8.20. The fourth-order valence-electron chi connectivity index (χ4n) is 1.93. The molecule has 2 rings (SSSR count). The van der Waals surface area contributed by atoms with Crippen LogP contribution in [0, 0.1) is 0 Å². The molecule has 0 bridgehead atoms. The van der Waals surface area contributed by atoms with Crippen LogP contribution >= 0.6 is 23.5 Å². The Morgan fingerprint density at radius 3 is 2.36 bits per heavy atom. The summed E-state index contributed by atoms with van der Waals surface area (Å²) in [6.45, 7) is 2.28. The molecule has 1 fully saturated rings. The van der Waals surface area contributed by atoms with Crippen molar-refractivity contribution in [2.24, 2.45) is 0 Å². The van der Waals surface area contributed by atoms with Gasteiger partial charge < -0.3 is 0 Å². The van der Waals surface area contributed by atoms with Crippen LogP contribution in [0.25, 0.3) is 0 Å². The van der Waals surface area contributed by atoms with Gasteiger partial charge in [-0.2, -0.15) is 0 Å². The molecule has 0 unspecified atom stereocenters. The van der Waals surface area contributed by atoms with E-state index in [0.717, 1.165) is 0 Å². The van der Waals surface area contributed by atoms with Crippen molar-refractivity contribution in [2.75, 3.05) is 11.5 Å². The Bertz CT molecular complexity index is 276. The average Bonchev–Trinajstić information content (AvgIpc) is 2.70. The van der Waals surface area contributed by atoms with Crippen molar-refractivity contribution in [3.8, 4) is 0 Å². The van der Waals surface area contributed by atoms with E-state index >= 15 is 0 Å². The Morgan fingerprint density at radius 2 is 1.79 bits per heavy atom. The lowest BCUT2D eigenvalue weighted by atomic mass is 10.1. The summed E-state index contributed by atoms with van der Waals surface area (Å²) in [5, 5.41) is 0. The molecule has 0 aromatic heterocycles. The standard InChI is InChI=1S/C12H16S2/c1-2-8-12(13-9-10-14-12)11-6-4-3-5-7-11/h3-7H,2,8-10H2,1H3. The van der Waals surface area contributed by atoms with Crippen molar-refractivity contribution in [3.05, 3.63) is 35.9 Å². The van der Waals surface area contributed by atoms with Gasteiger partial charge in [-0.1, -0.05) is 43.7 Å². The molecule has 1 aliphatic heterocycles. The van der Waals surface area contributed by atoms with Gasteiger partial charge in [-0.05, 0) is 12.0 Å². The summed E-state index contributed by atoms with van der Waals surface area (Å²) >= 11 is 4.26. The van der Waals surface area contributed by atoms with E-state index in [2.05, 4.69) is 60.8 Å². The zero-order chi connectivity index (χ0) is 9.86. The fraction of sp³-hybridized carbons (Fsp3) is 0.500. The van der Waals surface area contributed by atoms with Gasteiger partial charge in [-0.25, -0.2) is 0 Å². The van der Waals surface area contributed by atoms with Crippen molar-refractivity contribution in [2.45, 2.75) is 23.8 Å². The van der Waals surface area contributed by atoms with Crippen LogP contribution in [-0.2, 0) is 4.08 Å². The van der Waals surface area contributed by atoms with E-state index in [1.54, 1.807) is 0 Å². The Kier molecular flexibility index (Phi) is 3.45. The molecule has 0 saturated carbocycles. The van der Waals surface area contributed by atoms with Gasteiger partial charge >= 0.3 is 0 Å². The molecule has 76 valence electrons. The van der Waals surface area contributed by atoms with Crippen LogP contribution in [0.15, 0.2) is 30.3 Å². The van der Waals surface area contributed by atoms with Gasteiger partial charge in [0.2, 0.25) is 0 Å². The Morgan fingerprint density at radius 1 is 1.14 bits per heavy atom. The Balaban J connectivity index is 2.27. The van der Waals surface area contributed by atoms with Crippen LogP contribution < -0.4 is 0 Å². The lowest BCUT2D eigenvalue weighted by Crippen LogP contribution is -2.13. The molecule has 0 nitrogen and oxygen atoms in total. The molecule has 0 N–H and O–H groups in total. The molecule has 1 heterocycles. The van der Waals surface area contributed by atoms with E-state index in [1.165, 1.54) is 29.9 Å². The predicted octanol–water partition coefficient (Wildman–Crippen LogP) is 4.12. The van der Waals surface area contributed by atoms with E-state index in [9.17, 15) is 0 Å². The maximum Gasteiger partial charge on any atom is 0.0860 e. The highest BCUT2D eigenvalue weighted by Crippen LogP contribution is 2.54. The first-order chi connectivity index (χ1) is 6.87. The summed E-state index contributed by atoms with van der Waals surface area (Å²) in [5.74, 6) is 2.61. The minimum Gasteiger partial charge on any atom is -0.139 e. The van der Waals surface area contributed by atoms with Gasteiger partial charge in [-0.15, -0.1) is 23.5 Å². The number of hydrogen-bond acceptors (Lipinski definition) is 2. The lowest BCUT2D eigenvalue weighted by molar-refractivity contribution is 0.739. The molecule has 0 radical (unpaired) electrons. The minimum absolute atomic E-state index is 0.371. The second kappa shape index (κ2) is 4.63. The zero-order valence-corrected chi connectivity index (χ0v) is 10.2. The van der Waals surface area contributed by atoms with E-state index in [0.29, 0.717) is 4.08 Å². The van der Waals surface area contributed by atoms with Gasteiger partial charge in [0.25, 0.3) is 0 Å². The van der Waals surface area contributed by atoms with Crippen LogP contribution in [0.4, 0.5) is 0 Å². The quantitative estimate of drug-likeness (QED) is 0.757. The number of hydrogen-bond donors (Lipinski definition) is 0. The fourth-order valence-corrected chi connectivity index (χ4v) is 5.39. The topological polar surface area (TPSA) is 0 Å². The maximum atomic E-state index is 2.28. The van der Waals surface area contributed by atoms with Crippen molar-refractivity contribution in [3.63, 3.8) is 0 Å². The van der Waals surface area contributed by atoms with E-state index in [-0.39, 0.29) is 0 Å². The highest BCUT2D eigenvalue weighted by atomic mass is 32.2. The Labute approximate surface area is 94.9 Å². The SMILES string of the molecule is CCCC1(c2ccccc2)SCCS1. The zero-order valence-electron chi connectivity index (χ0n) is 8.53. The number of thioether (sulfide) groups is 2. The third-order valence-corrected chi connectivity index (χ3v) is 6.14. The molecule has 1 saturated heterocycles. The maximum absolute atomic E-state index is 2.28. The van der Waals surface area contributed by atoms with E-state index < -0.39 is 0 Å². The van der Waals surface area contributed by atoms with Crippen molar-refractivity contribution in [1.82, 2.24) is 0 Å². The van der Waals surface area contributed by atoms with E-state index in [4.69, 9.17) is 0 Å². The third kappa shape index (κ3) is 1.96. The third-order valence-electron chi connectivity index (χ3n) is 2.55. The number of rotatable bonds is 3. The molecule has 0 atom stereocenters. The van der Waals surface area contributed by atoms with Gasteiger partial charge in [-0.3, -0.25) is 0 Å². The monoisotopic (exact) mass is 224 g/mol. The minimum atomic E-state index is 0.371. The number of benzene rings is 1. The first-order valence-corrected chi connectivity index (χ1v) is 7.18. The Hall–Kier alpha value is -0.0800. The summed E-state index contributed by atoms with van der Waals surface area (Å²) in [4.78, 5) is 0. The van der Waals surface area contributed by atoms with Crippen LogP contribution in [0.1, 0.15) is 25.3 Å². The van der Waals surface area contributed by atoms with Crippen molar-refractivity contribution < 1.29 is 0 Å². The van der Waals surface area contributed by atoms with E-state index in [1.807, 2.05) is 0 Å². The van der Waals surface area contributed by atoms with Crippen LogP contribution in [0.2, 0.25) is 0 Å². The predicted molar refractivity (Wildman–Crippen MR) is 67.9 cm³/mol. The van der Waals surface area contributed by atoms with Crippen LogP contribution in [0.3, 0.4) is 0 Å². The summed E-state index contributed by atoms with van der Waals surface area (Å²) < 4.78 is 0.371. The molecule has 1 aromatic carbocycles. The smallest absolute Gasteiger partial charge is 0.0860 e. The van der Waals surface area contributed by atoms with Crippen LogP contribution in [-0.4, -0.2) is 11.5 Å². The lowest BCUT2D eigenvalue weighted by Gasteiger charge is -2.27. The van der Waals surface area contributed by atoms with Crippen LogP contribution in [0.5, 0.6) is 0 Å².